The number of rotatable bonds is 8. The molecule has 8 nitrogen and oxygen atoms in total. The van der Waals surface area contributed by atoms with Gasteiger partial charge in [-0.15, -0.1) is 0 Å². The minimum absolute atomic E-state index is 0.177. The van der Waals surface area contributed by atoms with Crippen molar-refractivity contribution >= 4 is 28.6 Å². The van der Waals surface area contributed by atoms with E-state index in [1.54, 1.807) is 46.7 Å². The van der Waals surface area contributed by atoms with Crippen molar-refractivity contribution in [3.8, 4) is 5.69 Å². The summed E-state index contributed by atoms with van der Waals surface area (Å²) in [5.74, 6) is 0.0856. The summed E-state index contributed by atoms with van der Waals surface area (Å²) >= 11 is 0. The van der Waals surface area contributed by atoms with Gasteiger partial charge in [0.2, 0.25) is 0 Å². The lowest BCUT2D eigenvalue weighted by Crippen LogP contribution is -2.40. The van der Waals surface area contributed by atoms with Gasteiger partial charge >= 0.3 is 12.0 Å². The van der Waals surface area contributed by atoms with Crippen molar-refractivity contribution in [3.63, 3.8) is 0 Å². The molecule has 202 valence electrons. The van der Waals surface area contributed by atoms with E-state index in [1.807, 2.05) is 64.1 Å². The molecule has 0 aliphatic carbocycles. The van der Waals surface area contributed by atoms with Gasteiger partial charge in [0.25, 0.3) is 5.56 Å². The molecule has 0 bridgehead atoms. The number of aryl methyl sites for hydroxylation is 2. The largest absolute Gasteiger partial charge is 0.462 e. The van der Waals surface area contributed by atoms with Crippen molar-refractivity contribution in [1.82, 2.24) is 14.5 Å². The molecule has 0 saturated heterocycles. The number of fused-ring (bicyclic) bond motifs is 1. The fraction of sp³-hybridized carbons (Fsp3) is 0.290. The Kier molecular flexibility index (Phi) is 8.44. The average molecular weight is 527 g/mol. The highest BCUT2D eigenvalue weighted by molar-refractivity contribution is 5.92. The van der Waals surface area contributed by atoms with Gasteiger partial charge in [0.15, 0.2) is 0 Å². The molecule has 0 spiro atoms. The quantitative estimate of drug-likeness (QED) is 0.277. The van der Waals surface area contributed by atoms with Crippen molar-refractivity contribution in [3.05, 3.63) is 99.6 Å². The first-order chi connectivity index (χ1) is 18.8. The SMILES string of the molecule is CCOC(=O)c1ccc(NC(=O)N(CC)C(CC)c2nc3ccccc3c(=O)n2-c2ccc(C)c(C)c2)cc1. The van der Waals surface area contributed by atoms with Gasteiger partial charge in [-0.1, -0.05) is 25.1 Å². The summed E-state index contributed by atoms with van der Waals surface area (Å²) in [6.07, 6.45) is 0.540. The number of urea groups is 1. The van der Waals surface area contributed by atoms with Gasteiger partial charge in [0, 0.05) is 12.2 Å². The summed E-state index contributed by atoms with van der Waals surface area (Å²) in [5.41, 5.74) is 4.25. The van der Waals surface area contributed by atoms with Crippen LogP contribution in [0, 0.1) is 13.8 Å². The molecule has 0 fully saturated rings. The molecule has 2 amide bonds. The summed E-state index contributed by atoms with van der Waals surface area (Å²) in [5, 5.41) is 3.44. The second kappa shape index (κ2) is 11.9. The van der Waals surface area contributed by atoms with Crippen molar-refractivity contribution in [2.24, 2.45) is 0 Å². The lowest BCUT2D eigenvalue weighted by atomic mass is 10.1. The second-order valence-electron chi connectivity index (χ2n) is 9.33. The minimum Gasteiger partial charge on any atom is -0.462 e. The smallest absolute Gasteiger partial charge is 0.338 e. The molecule has 1 unspecified atom stereocenters. The van der Waals surface area contributed by atoms with E-state index in [-0.39, 0.29) is 18.2 Å². The Morgan fingerprint density at radius 3 is 2.33 bits per heavy atom. The third kappa shape index (κ3) is 5.70. The van der Waals surface area contributed by atoms with Crippen LogP contribution in [0.25, 0.3) is 16.6 Å². The van der Waals surface area contributed by atoms with E-state index in [0.29, 0.717) is 46.6 Å². The Bertz CT molecular complexity index is 1560. The summed E-state index contributed by atoms with van der Waals surface area (Å²) < 4.78 is 6.66. The number of anilines is 1. The highest BCUT2D eigenvalue weighted by Gasteiger charge is 2.28. The predicted octanol–water partition coefficient (Wildman–Crippen LogP) is 6.18. The molecule has 1 N–H and O–H groups in total. The van der Waals surface area contributed by atoms with E-state index < -0.39 is 12.0 Å². The van der Waals surface area contributed by atoms with Crippen LogP contribution in [0.5, 0.6) is 0 Å². The number of hydrogen-bond donors (Lipinski definition) is 1. The van der Waals surface area contributed by atoms with E-state index in [2.05, 4.69) is 5.32 Å². The number of amides is 2. The monoisotopic (exact) mass is 526 g/mol. The molecule has 1 atom stereocenters. The van der Waals surface area contributed by atoms with E-state index in [4.69, 9.17) is 9.72 Å². The molecule has 39 heavy (non-hydrogen) atoms. The minimum atomic E-state index is -0.479. The normalized spacial score (nSPS) is 11.7. The molecule has 4 aromatic rings. The molecule has 0 aliphatic rings. The lowest BCUT2D eigenvalue weighted by molar-refractivity contribution is 0.0526. The van der Waals surface area contributed by atoms with Crippen LogP contribution in [0.15, 0.2) is 71.5 Å². The summed E-state index contributed by atoms with van der Waals surface area (Å²) in [7, 11) is 0. The molecule has 0 radical (unpaired) electrons. The average Bonchev–Trinajstić information content (AvgIpc) is 2.93. The van der Waals surface area contributed by atoms with Crippen LogP contribution in [-0.2, 0) is 4.74 Å². The number of nitrogens with zero attached hydrogens (tertiary/aromatic N) is 3. The Labute approximate surface area is 228 Å². The lowest BCUT2D eigenvalue weighted by Gasteiger charge is -2.31. The van der Waals surface area contributed by atoms with Crippen LogP contribution in [0.3, 0.4) is 0 Å². The van der Waals surface area contributed by atoms with Gasteiger partial charge in [-0.25, -0.2) is 14.6 Å². The Morgan fingerprint density at radius 2 is 1.69 bits per heavy atom. The maximum Gasteiger partial charge on any atom is 0.338 e. The van der Waals surface area contributed by atoms with E-state index in [1.165, 1.54) is 0 Å². The zero-order valence-electron chi connectivity index (χ0n) is 23.0. The maximum absolute atomic E-state index is 13.8. The molecule has 1 heterocycles. The second-order valence-corrected chi connectivity index (χ2v) is 9.33. The van der Waals surface area contributed by atoms with Gasteiger partial charge < -0.3 is 15.0 Å². The number of ether oxygens (including phenoxy) is 1. The fourth-order valence-corrected chi connectivity index (χ4v) is 4.63. The standard InChI is InChI=1S/C31H34N4O4/c1-6-27(34(7-2)31(38)32-23-16-14-22(15-17-23)30(37)39-8-3)28-33-26-12-10-9-11-25(26)29(36)35(28)24-18-13-20(4)21(5)19-24/h9-19,27H,6-8H2,1-5H3,(H,32,38). The van der Waals surface area contributed by atoms with Crippen LogP contribution in [0.4, 0.5) is 10.5 Å². The number of benzene rings is 3. The first kappa shape index (κ1) is 27.6. The van der Waals surface area contributed by atoms with Crippen LogP contribution in [0.2, 0.25) is 0 Å². The number of para-hydroxylation sites is 1. The third-order valence-electron chi connectivity index (χ3n) is 6.86. The van der Waals surface area contributed by atoms with Gasteiger partial charge in [0.1, 0.15) is 5.82 Å². The number of esters is 1. The zero-order valence-corrected chi connectivity index (χ0v) is 23.0. The van der Waals surface area contributed by atoms with Gasteiger partial charge in [-0.3, -0.25) is 9.36 Å². The topological polar surface area (TPSA) is 93.5 Å². The summed E-state index contributed by atoms with van der Waals surface area (Å²) in [6.45, 7) is 10.3. The molecular formula is C31H34N4O4. The van der Waals surface area contributed by atoms with Crippen LogP contribution in [0.1, 0.15) is 60.5 Å². The van der Waals surface area contributed by atoms with E-state index >= 15 is 0 Å². The first-order valence-electron chi connectivity index (χ1n) is 13.2. The zero-order chi connectivity index (χ0) is 28.1. The summed E-state index contributed by atoms with van der Waals surface area (Å²) in [6, 6.07) is 18.9. The Hall–Kier alpha value is -4.46. The van der Waals surface area contributed by atoms with Crippen LogP contribution in [-0.4, -0.2) is 39.6 Å². The van der Waals surface area contributed by atoms with Gasteiger partial charge in [-0.05, 0) is 93.8 Å². The van der Waals surface area contributed by atoms with Crippen LogP contribution >= 0.6 is 0 Å². The molecule has 3 aromatic carbocycles. The van der Waals surface area contributed by atoms with Crippen molar-refractivity contribution in [1.29, 1.82) is 0 Å². The fourth-order valence-electron chi connectivity index (χ4n) is 4.63. The van der Waals surface area contributed by atoms with Crippen molar-refractivity contribution in [2.75, 3.05) is 18.5 Å². The number of hydrogen-bond acceptors (Lipinski definition) is 5. The van der Waals surface area contributed by atoms with Gasteiger partial charge in [-0.2, -0.15) is 0 Å². The van der Waals surface area contributed by atoms with Crippen molar-refractivity contribution in [2.45, 2.75) is 47.1 Å². The van der Waals surface area contributed by atoms with E-state index in [9.17, 15) is 14.4 Å². The number of carbonyl (C=O) groups excluding carboxylic acids is 2. The number of nitrogens with one attached hydrogen (secondary N) is 1. The maximum atomic E-state index is 13.8. The Balaban J connectivity index is 1.75. The molecule has 4 rings (SSSR count). The van der Waals surface area contributed by atoms with E-state index in [0.717, 1.165) is 11.1 Å². The first-order valence-corrected chi connectivity index (χ1v) is 13.2. The summed E-state index contributed by atoms with van der Waals surface area (Å²) in [4.78, 5) is 46.0. The molecular weight excluding hydrogens is 492 g/mol. The number of aromatic nitrogens is 2. The van der Waals surface area contributed by atoms with Gasteiger partial charge in [0.05, 0.1) is 34.8 Å². The highest BCUT2D eigenvalue weighted by atomic mass is 16.5. The molecule has 0 saturated carbocycles. The molecule has 1 aromatic heterocycles. The highest BCUT2D eigenvalue weighted by Crippen LogP contribution is 2.27. The predicted molar refractivity (Wildman–Crippen MR) is 154 cm³/mol. The molecule has 8 heteroatoms. The van der Waals surface area contributed by atoms with Crippen LogP contribution < -0.4 is 10.9 Å². The molecule has 0 aliphatic heterocycles. The number of carbonyl (C=O) groups is 2. The van der Waals surface area contributed by atoms with Crippen molar-refractivity contribution < 1.29 is 14.3 Å². The Morgan fingerprint density at radius 1 is 0.974 bits per heavy atom. The third-order valence-corrected chi connectivity index (χ3v) is 6.86.